The number of carbonyl (C=O) groups excluding carboxylic acids is 1. The number of hydrogen-bond acceptors (Lipinski definition) is 3. The maximum Gasteiger partial charge on any atom is 0.255 e. The number of benzene rings is 2. The second-order valence-electron chi connectivity index (χ2n) is 5.07. The zero-order chi connectivity index (χ0) is 15.2. The van der Waals surface area contributed by atoms with E-state index >= 15 is 0 Å². The lowest BCUT2D eigenvalue weighted by Crippen LogP contribution is -2.20. The number of primary amides is 1. The average molecular weight is 284 g/mol. The van der Waals surface area contributed by atoms with E-state index in [0.29, 0.717) is 5.75 Å². The Balaban J connectivity index is 2.01. The molecule has 0 unspecified atom stereocenters. The first kappa shape index (κ1) is 14.9. The Morgan fingerprint density at radius 3 is 2.76 bits per heavy atom. The van der Waals surface area contributed by atoms with E-state index in [1.165, 1.54) is 16.7 Å². The number of nitrogens with two attached hydrogens (primary N) is 1. The number of rotatable bonds is 6. The van der Waals surface area contributed by atoms with Crippen molar-refractivity contribution in [3.05, 3.63) is 59.2 Å². The van der Waals surface area contributed by atoms with Crippen LogP contribution in [-0.4, -0.2) is 12.5 Å². The van der Waals surface area contributed by atoms with Gasteiger partial charge in [0.05, 0.1) is 0 Å². The van der Waals surface area contributed by atoms with Gasteiger partial charge in [-0.3, -0.25) is 4.79 Å². The topological polar surface area (TPSA) is 64.3 Å². The van der Waals surface area contributed by atoms with Gasteiger partial charge >= 0.3 is 0 Å². The maximum atomic E-state index is 10.7. The molecule has 0 aromatic heterocycles. The molecule has 4 heteroatoms. The summed E-state index contributed by atoms with van der Waals surface area (Å²) in [6, 6.07) is 13.9. The summed E-state index contributed by atoms with van der Waals surface area (Å²) in [6.45, 7) is 4.82. The molecule has 110 valence electrons. The summed E-state index contributed by atoms with van der Waals surface area (Å²) < 4.78 is 5.29. The Labute approximate surface area is 124 Å². The van der Waals surface area contributed by atoms with Crippen molar-refractivity contribution in [2.45, 2.75) is 20.4 Å². The zero-order valence-corrected chi connectivity index (χ0v) is 12.3. The average Bonchev–Trinajstić information content (AvgIpc) is 2.46. The molecular formula is C17H20N2O2. The fraction of sp³-hybridized carbons (Fsp3) is 0.235. The number of carbonyl (C=O) groups is 1. The van der Waals surface area contributed by atoms with Crippen molar-refractivity contribution in [2.24, 2.45) is 5.73 Å². The molecule has 0 fully saturated rings. The lowest BCUT2D eigenvalue weighted by Gasteiger charge is -2.11. The summed E-state index contributed by atoms with van der Waals surface area (Å²) in [5.74, 6) is 0.142. The summed E-state index contributed by atoms with van der Waals surface area (Å²) in [7, 11) is 0. The van der Waals surface area contributed by atoms with Crippen LogP contribution in [0.2, 0.25) is 0 Å². The van der Waals surface area contributed by atoms with E-state index in [1.54, 1.807) is 6.07 Å². The molecule has 3 N–H and O–H groups in total. The second-order valence-corrected chi connectivity index (χ2v) is 5.07. The molecule has 2 aromatic carbocycles. The number of anilines is 1. The molecule has 0 saturated carbocycles. The predicted octanol–water partition coefficient (Wildman–Crippen LogP) is 2.78. The van der Waals surface area contributed by atoms with E-state index in [-0.39, 0.29) is 6.61 Å². The van der Waals surface area contributed by atoms with Crippen molar-refractivity contribution in [1.82, 2.24) is 0 Å². The molecule has 0 atom stereocenters. The Bertz CT molecular complexity index is 638. The van der Waals surface area contributed by atoms with Crippen LogP contribution < -0.4 is 15.8 Å². The third-order valence-corrected chi connectivity index (χ3v) is 3.20. The van der Waals surface area contributed by atoms with Crippen molar-refractivity contribution in [3.63, 3.8) is 0 Å². The monoisotopic (exact) mass is 284 g/mol. The van der Waals surface area contributed by atoms with Crippen molar-refractivity contribution in [2.75, 3.05) is 11.9 Å². The van der Waals surface area contributed by atoms with E-state index in [4.69, 9.17) is 10.5 Å². The third kappa shape index (κ3) is 4.53. The number of hydrogen-bond donors (Lipinski definition) is 2. The highest BCUT2D eigenvalue weighted by Gasteiger charge is 2.01. The Hall–Kier alpha value is -2.49. The molecule has 0 saturated heterocycles. The Morgan fingerprint density at radius 2 is 2.00 bits per heavy atom. The van der Waals surface area contributed by atoms with Crippen LogP contribution in [0.5, 0.6) is 5.75 Å². The fourth-order valence-corrected chi connectivity index (χ4v) is 2.04. The third-order valence-electron chi connectivity index (χ3n) is 3.20. The van der Waals surface area contributed by atoms with Crippen LogP contribution in [0.1, 0.15) is 16.7 Å². The van der Waals surface area contributed by atoms with Gasteiger partial charge < -0.3 is 15.8 Å². The molecule has 2 aromatic rings. The van der Waals surface area contributed by atoms with Crippen molar-refractivity contribution in [3.8, 4) is 5.75 Å². The normalized spacial score (nSPS) is 10.2. The number of aryl methyl sites for hydroxylation is 2. The SMILES string of the molecule is Cc1ccc(C)c(CNc2cccc(OCC(N)=O)c2)c1. The molecule has 0 radical (unpaired) electrons. The van der Waals surface area contributed by atoms with Crippen LogP contribution in [0.15, 0.2) is 42.5 Å². The highest BCUT2D eigenvalue weighted by molar-refractivity contribution is 5.75. The number of amides is 1. The largest absolute Gasteiger partial charge is 0.484 e. The van der Waals surface area contributed by atoms with Gasteiger partial charge in [0, 0.05) is 18.3 Å². The molecule has 2 rings (SSSR count). The van der Waals surface area contributed by atoms with Gasteiger partial charge in [0.2, 0.25) is 0 Å². The van der Waals surface area contributed by atoms with Gasteiger partial charge in [0.25, 0.3) is 5.91 Å². The highest BCUT2D eigenvalue weighted by Crippen LogP contribution is 2.19. The molecule has 0 aliphatic heterocycles. The number of ether oxygens (including phenoxy) is 1. The van der Waals surface area contributed by atoms with Crippen LogP contribution in [0.3, 0.4) is 0 Å². The van der Waals surface area contributed by atoms with Gasteiger partial charge in [-0.25, -0.2) is 0 Å². The highest BCUT2D eigenvalue weighted by atomic mass is 16.5. The Kier molecular flexibility index (Phi) is 4.82. The predicted molar refractivity (Wildman–Crippen MR) is 84.4 cm³/mol. The first-order valence-electron chi connectivity index (χ1n) is 6.86. The van der Waals surface area contributed by atoms with Crippen molar-refractivity contribution < 1.29 is 9.53 Å². The summed E-state index contributed by atoms with van der Waals surface area (Å²) in [6.07, 6.45) is 0. The molecule has 0 bridgehead atoms. The standard InChI is InChI=1S/C17H20N2O2/c1-12-6-7-13(2)14(8-12)10-19-15-4-3-5-16(9-15)21-11-17(18)20/h3-9,19H,10-11H2,1-2H3,(H2,18,20). The lowest BCUT2D eigenvalue weighted by atomic mass is 10.1. The Morgan fingerprint density at radius 1 is 1.19 bits per heavy atom. The molecule has 21 heavy (non-hydrogen) atoms. The summed E-state index contributed by atoms with van der Waals surface area (Å²) in [4.78, 5) is 10.7. The van der Waals surface area contributed by atoms with Gasteiger partial charge in [-0.2, -0.15) is 0 Å². The van der Waals surface area contributed by atoms with Crippen LogP contribution in [0.4, 0.5) is 5.69 Å². The van der Waals surface area contributed by atoms with E-state index in [2.05, 4.69) is 37.4 Å². The van der Waals surface area contributed by atoms with Crippen LogP contribution in [-0.2, 0) is 11.3 Å². The molecule has 0 aliphatic carbocycles. The van der Waals surface area contributed by atoms with Gasteiger partial charge in [-0.15, -0.1) is 0 Å². The van der Waals surface area contributed by atoms with E-state index in [9.17, 15) is 4.79 Å². The smallest absolute Gasteiger partial charge is 0.255 e. The summed E-state index contributed by atoms with van der Waals surface area (Å²) in [5.41, 5.74) is 9.77. The maximum absolute atomic E-state index is 10.7. The van der Waals surface area contributed by atoms with E-state index < -0.39 is 5.91 Å². The van der Waals surface area contributed by atoms with Crippen LogP contribution in [0.25, 0.3) is 0 Å². The molecule has 1 amide bonds. The van der Waals surface area contributed by atoms with E-state index in [0.717, 1.165) is 12.2 Å². The van der Waals surface area contributed by atoms with Crippen molar-refractivity contribution in [1.29, 1.82) is 0 Å². The molecular weight excluding hydrogens is 264 g/mol. The minimum atomic E-state index is -0.483. The minimum Gasteiger partial charge on any atom is -0.484 e. The van der Waals surface area contributed by atoms with Gasteiger partial charge in [0.15, 0.2) is 6.61 Å². The minimum absolute atomic E-state index is 0.111. The van der Waals surface area contributed by atoms with Crippen molar-refractivity contribution >= 4 is 11.6 Å². The number of nitrogens with one attached hydrogen (secondary N) is 1. The summed E-state index contributed by atoms with van der Waals surface area (Å²) >= 11 is 0. The quantitative estimate of drug-likeness (QED) is 0.857. The first-order chi connectivity index (χ1) is 10.0. The molecule has 0 spiro atoms. The van der Waals surface area contributed by atoms with Gasteiger partial charge in [-0.05, 0) is 37.1 Å². The first-order valence-corrected chi connectivity index (χ1v) is 6.86. The van der Waals surface area contributed by atoms with Gasteiger partial charge in [0.1, 0.15) is 5.75 Å². The summed E-state index contributed by atoms with van der Waals surface area (Å²) in [5, 5.41) is 3.36. The molecule has 0 heterocycles. The molecule has 0 aliphatic rings. The molecule has 4 nitrogen and oxygen atoms in total. The zero-order valence-electron chi connectivity index (χ0n) is 12.3. The fourth-order valence-electron chi connectivity index (χ4n) is 2.04. The second kappa shape index (κ2) is 6.79. The lowest BCUT2D eigenvalue weighted by molar-refractivity contribution is -0.119. The van der Waals surface area contributed by atoms with E-state index in [1.807, 2.05) is 18.2 Å². The van der Waals surface area contributed by atoms with Crippen LogP contribution in [0, 0.1) is 13.8 Å². The van der Waals surface area contributed by atoms with Gasteiger partial charge in [-0.1, -0.05) is 29.8 Å². The van der Waals surface area contributed by atoms with Crippen LogP contribution >= 0.6 is 0 Å².